The summed E-state index contributed by atoms with van der Waals surface area (Å²) in [6, 6.07) is 0. The molecule has 0 aromatic carbocycles. The molecule has 0 rings (SSSR count). The van der Waals surface area contributed by atoms with Crippen LogP contribution in [0.5, 0.6) is 0 Å². The lowest BCUT2D eigenvalue weighted by atomic mass is 11.6. The van der Waals surface area contributed by atoms with Crippen molar-refractivity contribution in [3.63, 3.8) is 0 Å². The van der Waals surface area contributed by atoms with Crippen LogP contribution in [0.15, 0.2) is 0 Å². The quantitative estimate of drug-likeness (QED) is 0.158. The summed E-state index contributed by atoms with van der Waals surface area (Å²) in [5, 5.41) is 84.0. The van der Waals surface area contributed by atoms with Gasteiger partial charge in [-0.25, -0.2) is 0 Å². The number of methoxy groups -OCH3 is 2. The molecule has 30 heavy (non-hydrogen) atoms. The first-order chi connectivity index (χ1) is 14.8. The summed E-state index contributed by atoms with van der Waals surface area (Å²) >= 11 is 0. The molecule has 0 spiro atoms. The zero-order valence-corrected chi connectivity index (χ0v) is 22.2. The molecule has 0 radical (unpaired) electrons. The van der Waals surface area contributed by atoms with Crippen molar-refractivity contribution in [2.45, 2.75) is 0 Å². The fourth-order valence-electron chi connectivity index (χ4n) is 0. The van der Waals surface area contributed by atoms with E-state index in [9.17, 15) is 0 Å². The first-order valence-corrected chi connectivity index (χ1v) is 7.00. The number of aliphatic hydroxyl groups is 12. The third kappa shape index (κ3) is 61200. The molecule has 208 valence electrons. The van der Waals surface area contributed by atoms with Crippen LogP contribution in [0.2, 0.25) is 0 Å². The molecule has 0 aliphatic rings. The van der Waals surface area contributed by atoms with Crippen LogP contribution in [-0.4, -0.2) is 175 Å². The van der Waals surface area contributed by atoms with Crippen LogP contribution >= 0.6 is 0 Å². The summed E-state index contributed by atoms with van der Waals surface area (Å²) in [5.41, 5.74) is 0. The third-order valence-electron chi connectivity index (χ3n) is 0. The molecular weight excluding hydrogens is 416 g/mol. The minimum Gasteiger partial charge on any atom is -0.400 e. The predicted octanol–water partition coefficient (Wildman–Crippen LogP) is -4.17. The standard InChI is InChI=1S/2C2H6O.12CH4O/c2*1-3-2;12*1-2/h2*1-2H3;12*2H,1H3. The van der Waals surface area contributed by atoms with Crippen LogP contribution in [0.4, 0.5) is 0 Å². The second kappa shape index (κ2) is 10300. The highest BCUT2D eigenvalue weighted by molar-refractivity contribution is 3.56. The molecule has 0 aliphatic heterocycles. The number of hydrogen-bond acceptors (Lipinski definition) is 14. The highest BCUT2D eigenvalue weighted by Gasteiger charge is 1.26. The average molecular weight is 477 g/mol. The SMILES string of the molecule is CO.CO.CO.CO.CO.CO.CO.CO.CO.CO.CO.CO.COC.COC. The Balaban J connectivity index is -0.00000000769. The Bertz CT molecular complexity index is 31.9. The molecule has 0 saturated carbocycles. The van der Waals surface area contributed by atoms with Gasteiger partial charge in [0.25, 0.3) is 0 Å². The van der Waals surface area contributed by atoms with Crippen molar-refractivity contribution < 1.29 is 70.8 Å². The Labute approximate surface area is 185 Å². The van der Waals surface area contributed by atoms with Crippen molar-refractivity contribution in [2.24, 2.45) is 0 Å². The van der Waals surface area contributed by atoms with E-state index in [1.54, 1.807) is 28.4 Å². The molecule has 0 aliphatic carbocycles. The van der Waals surface area contributed by atoms with Gasteiger partial charge in [-0.05, 0) is 0 Å². The van der Waals surface area contributed by atoms with Gasteiger partial charge in [-0.3, -0.25) is 0 Å². The monoisotopic (exact) mass is 476 g/mol. The minimum atomic E-state index is 1.00. The summed E-state index contributed by atoms with van der Waals surface area (Å²) < 4.78 is 8.50. The van der Waals surface area contributed by atoms with E-state index in [1.807, 2.05) is 0 Å². The third-order valence-corrected chi connectivity index (χ3v) is 0. The zero-order chi connectivity index (χ0) is 29.4. The van der Waals surface area contributed by atoms with Gasteiger partial charge in [-0.1, -0.05) is 0 Å². The topological polar surface area (TPSA) is 261 Å². The van der Waals surface area contributed by atoms with E-state index >= 15 is 0 Å². The maximum absolute atomic E-state index is 7.00. The van der Waals surface area contributed by atoms with Gasteiger partial charge in [0.15, 0.2) is 0 Å². The summed E-state index contributed by atoms with van der Waals surface area (Å²) in [6.45, 7) is 0. The van der Waals surface area contributed by atoms with Crippen molar-refractivity contribution in [1.82, 2.24) is 0 Å². The zero-order valence-electron chi connectivity index (χ0n) is 22.2. The first-order valence-electron chi connectivity index (χ1n) is 7.00. The van der Waals surface area contributed by atoms with E-state index in [2.05, 4.69) is 9.47 Å². The summed E-state index contributed by atoms with van der Waals surface area (Å²) in [6.07, 6.45) is 0. The van der Waals surface area contributed by atoms with Gasteiger partial charge in [0.2, 0.25) is 0 Å². The molecule has 0 aromatic rings. The van der Waals surface area contributed by atoms with Gasteiger partial charge in [0.1, 0.15) is 0 Å². The Morgan fingerprint density at radius 1 is 0.200 bits per heavy atom. The second-order valence-electron chi connectivity index (χ2n) is 0.816. The molecule has 0 unspecified atom stereocenters. The van der Waals surface area contributed by atoms with Gasteiger partial charge in [-0.15, -0.1) is 0 Å². The van der Waals surface area contributed by atoms with Crippen LogP contribution < -0.4 is 0 Å². The van der Waals surface area contributed by atoms with Crippen LogP contribution in [0.25, 0.3) is 0 Å². The van der Waals surface area contributed by atoms with E-state index in [1.165, 1.54) is 0 Å². The number of rotatable bonds is 0. The highest BCUT2D eigenvalue weighted by atomic mass is 16.5. The second-order valence-corrected chi connectivity index (χ2v) is 0.816. The lowest BCUT2D eigenvalue weighted by Crippen LogP contribution is -1.55. The van der Waals surface area contributed by atoms with Gasteiger partial charge in [0.05, 0.1) is 0 Å². The molecular formula is C16H60O14. The Hall–Kier alpha value is -0.560. The minimum absolute atomic E-state index is 1.00. The van der Waals surface area contributed by atoms with E-state index in [4.69, 9.17) is 61.3 Å². The van der Waals surface area contributed by atoms with Gasteiger partial charge in [0, 0.05) is 114 Å². The fourth-order valence-corrected chi connectivity index (χ4v) is 0. The number of aliphatic hydroxyl groups excluding tert-OH is 12. The van der Waals surface area contributed by atoms with Crippen molar-refractivity contribution in [1.29, 1.82) is 0 Å². The lowest BCUT2D eigenvalue weighted by Gasteiger charge is -1.61. The van der Waals surface area contributed by atoms with E-state index in [0.717, 1.165) is 85.3 Å². The molecule has 0 fully saturated rings. The molecule has 0 atom stereocenters. The molecule has 14 heteroatoms. The Kier molecular flexibility index (Phi) is 34400. The number of ether oxygens (including phenoxy) is 2. The summed E-state index contributed by atoms with van der Waals surface area (Å²) in [4.78, 5) is 0. The molecule has 0 bridgehead atoms. The van der Waals surface area contributed by atoms with E-state index in [-0.39, 0.29) is 0 Å². The summed E-state index contributed by atoms with van der Waals surface area (Å²) in [7, 11) is 18.5. The van der Waals surface area contributed by atoms with E-state index in [0.29, 0.717) is 0 Å². The first kappa shape index (κ1) is 99.9. The fraction of sp³-hybridized carbons (Fsp3) is 1.00. The lowest BCUT2D eigenvalue weighted by molar-refractivity contribution is 0.277. The molecule has 0 amide bonds. The maximum Gasteiger partial charge on any atom is 0.0351 e. The molecule has 0 saturated heterocycles. The molecule has 14 nitrogen and oxygen atoms in total. The smallest absolute Gasteiger partial charge is 0.0351 e. The van der Waals surface area contributed by atoms with E-state index < -0.39 is 0 Å². The highest BCUT2D eigenvalue weighted by Crippen LogP contribution is 1.28. The van der Waals surface area contributed by atoms with Crippen LogP contribution in [-0.2, 0) is 9.47 Å². The molecule has 0 aromatic heterocycles. The Morgan fingerprint density at radius 3 is 0.200 bits per heavy atom. The molecule has 12 N–H and O–H groups in total. The van der Waals surface area contributed by atoms with Crippen molar-refractivity contribution >= 4 is 0 Å². The largest absolute Gasteiger partial charge is 0.400 e. The number of hydrogen-bond donors (Lipinski definition) is 12. The van der Waals surface area contributed by atoms with Gasteiger partial charge < -0.3 is 70.8 Å². The predicted molar refractivity (Wildman–Crippen MR) is 124 cm³/mol. The average Bonchev–Trinajstić information content (AvgIpc) is 2.94. The van der Waals surface area contributed by atoms with Crippen molar-refractivity contribution in [2.75, 3.05) is 114 Å². The van der Waals surface area contributed by atoms with Crippen molar-refractivity contribution in [3.8, 4) is 0 Å². The maximum atomic E-state index is 7.00. The molecule has 0 heterocycles. The summed E-state index contributed by atoms with van der Waals surface area (Å²) in [5.74, 6) is 0. The Morgan fingerprint density at radius 2 is 0.200 bits per heavy atom. The van der Waals surface area contributed by atoms with Crippen LogP contribution in [0, 0.1) is 0 Å². The van der Waals surface area contributed by atoms with Gasteiger partial charge >= 0.3 is 0 Å². The van der Waals surface area contributed by atoms with Crippen LogP contribution in [0.3, 0.4) is 0 Å². The van der Waals surface area contributed by atoms with Crippen molar-refractivity contribution in [3.05, 3.63) is 0 Å². The van der Waals surface area contributed by atoms with Gasteiger partial charge in [-0.2, -0.15) is 0 Å². The normalized spacial score (nSPS) is 3.60. The van der Waals surface area contributed by atoms with Crippen LogP contribution in [0.1, 0.15) is 0 Å².